The van der Waals surface area contributed by atoms with Crippen molar-refractivity contribution in [2.24, 2.45) is 5.92 Å². The summed E-state index contributed by atoms with van der Waals surface area (Å²) in [5.74, 6) is 0.490. The summed E-state index contributed by atoms with van der Waals surface area (Å²) in [6, 6.07) is 8.17. The fourth-order valence-electron chi connectivity index (χ4n) is 2.30. The summed E-state index contributed by atoms with van der Waals surface area (Å²) in [5, 5.41) is 9.12. The van der Waals surface area contributed by atoms with Gasteiger partial charge in [-0.2, -0.15) is 0 Å². The predicted molar refractivity (Wildman–Crippen MR) is 72.7 cm³/mol. The number of aliphatic hydroxyl groups is 1. The van der Waals surface area contributed by atoms with Crippen molar-refractivity contribution in [3.05, 3.63) is 47.2 Å². The van der Waals surface area contributed by atoms with Gasteiger partial charge in [0, 0.05) is 19.8 Å². The maximum Gasteiger partial charge on any atom is 0.0681 e. The van der Waals surface area contributed by atoms with Crippen LogP contribution in [0.15, 0.2) is 36.0 Å². The van der Waals surface area contributed by atoms with Gasteiger partial charge in [-0.1, -0.05) is 37.3 Å². The van der Waals surface area contributed by atoms with Crippen molar-refractivity contribution in [2.45, 2.75) is 26.9 Å². The van der Waals surface area contributed by atoms with Gasteiger partial charge in [-0.25, -0.2) is 0 Å². The molecule has 1 rings (SSSR count). The standard InChI is InChI=1S/C15H23NO/c1-5-15(16(3)4)12(2)9-13-7-6-8-14(10-13)11-17/h5-8,10,12,17H,9,11H2,1-4H3/t12-/m1/s1. The molecule has 1 N–H and O–H groups in total. The number of benzene rings is 1. The topological polar surface area (TPSA) is 23.5 Å². The molecular weight excluding hydrogens is 210 g/mol. The lowest BCUT2D eigenvalue weighted by atomic mass is 9.96. The molecule has 0 amide bonds. The van der Waals surface area contributed by atoms with Gasteiger partial charge in [-0.15, -0.1) is 0 Å². The minimum atomic E-state index is 0.117. The SMILES string of the molecule is CC=C([C@H](C)Cc1cccc(CO)c1)N(C)C. The fourth-order valence-corrected chi connectivity index (χ4v) is 2.30. The van der Waals surface area contributed by atoms with Crippen LogP contribution in [0.25, 0.3) is 0 Å². The molecule has 17 heavy (non-hydrogen) atoms. The molecule has 0 aromatic heterocycles. The van der Waals surface area contributed by atoms with E-state index in [1.54, 1.807) is 0 Å². The molecule has 1 aromatic rings. The van der Waals surface area contributed by atoms with Gasteiger partial charge < -0.3 is 10.0 Å². The molecule has 0 fully saturated rings. The highest BCUT2D eigenvalue weighted by Crippen LogP contribution is 2.19. The van der Waals surface area contributed by atoms with Crippen LogP contribution in [-0.2, 0) is 13.0 Å². The maximum absolute atomic E-state index is 9.12. The minimum absolute atomic E-state index is 0.117. The Labute approximate surface area is 105 Å². The highest BCUT2D eigenvalue weighted by atomic mass is 16.3. The van der Waals surface area contributed by atoms with Gasteiger partial charge in [0.25, 0.3) is 0 Å². The third kappa shape index (κ3) is 3.90. The van der Waals surface area contributed by atoms with E-state index in [-0.39, 0.29) is 6.61 Å². The zero-order valence-electron chi connectivity index (χ0n) is 11.3. The Hall–Kier alpha value is -1.28. The zero-order chi connectivity index (χ0) is 12.8. The van der Waals surface area contributed by atoms with Crippen molar-refractivity contribution in [3.8, 4) is 0 Å². The molecule has 0 aliphatic rings. The molecule has 0 saturated carbocycles. The average molecular weight is 233 g/mol. The third-order valence-corrected chi connectivity index (χ3v) is 3.03. The Morgan fingerprint density at radius 2 is 2.00 bits per heavy atom. The van der Waals surface area contributed by atoms with Gasteiger partial charge in [0.2, 0.25) is 0 Å². The van der Waals surface area contributed by atoms with Crippen LogP contribution < -0.4 is 0 Å². The van der Waals surface area contributed by atoms with Crippen LogP contribution in [0.4, 0.5) is 0 Å². The van der Waals surface area contributed by atoms with Gasteiger partial charge in [0.05, 0.1) is 6.61 Å². The fraction of sp³-hybridized carbons (Fsp3) is 0.467. The van der Waals surface area contributed by atoms with E-state index >= 15 is 0 Å². The highest BCUT2D eigenvalue weighted by Gasteiger charge is 2.10. The van der Waals surface area contributed by atoms with Gasteiger partial charge >= 0.3 is 0 Å². The Balaban J connectivity index is 2.76. The van der Waals surface area contributed by atoms with Gasteiger partial charge in [0.15, 0.2) is 0 Å². The van der Waals surface area contributed by atoms with Crippen molar-refractivity contribution in [3.63, 3.8) is 0 Å². The monoisotopic (exact) mass is 233 g/mol. The van der Waals surface area contributed by atoms with Crippen molar-refractivity contribution in [1.82, 2.24) is 4.90 Å². The van der Waals surface area contributed by atoms with Crippen LogP contribution in [0, 0.1) is 5.92 Å². The van der Waals surface area contributed by atoms with Crippen molar-refractivity contribution in [2.75, 3.05) is 14.1 Å². The van der Waals surface area contributed by atoms with Crippen molar-refractivity contribution in [1.29, 1.82) is 0 Å². The van der Waals surface area contributed by atoms with E-state index in [4.69, 9.17) is 5.11 Å². The lowest BCUT2D eigenvalue weighted by Crippen LogP contribution is -2.18. The van der Waals surface area contributed by atoms with Gasteiger partial charge in [-0.05, 0) is 30.4 Å². The second-order valence-electron chi connectivity index (χ2n) is 4.69. The first kappa shape index (κ1) is 13.8. The molecule has 0 bridgehead atoms. The van der Waals surface area contributed by atoms with E-state index < -0.39 is 0 Å². The predicted octanol–water partition coefficient (Wildman–Crippen LogP) is 2.82. The Bertz CT molecular complexity index is 382. The number of hydrogen-bond donors (Lipinski definition) is 1. The molecular formula is C15H23NO. The molecule has 0 heterocycles. The number of rotatable bonds is 5. The largest absolute Gasteiger partial charge is 0.392 e. The Morgan fingerprint density at radius 1 is 1.35 bits per heavy atom. The average Bonchev–Trinajstić information content (AvgIpc) is 2.29. The number of allylic oxidation sites excluding steroid dienone is 2. The van der Waals surface area contributed by atoms with E-state index in [0.29, 0.717) is 5.92 Å². The molecule has 0 saturated heterocycles. The summed E-state index contributed by atoms with van der Waals surface area (Å²) in [5.41, 5.74) is 3.62. The van der Waals surface area contributed by atoms with E-state index in [9.17, 15) is 0 Å². The zero-order valence-corrected chi connectivity index (χ0v) is 11.3. The van der Waals surface area contributed by atoms with E-state index in [2.05, 4.69) is 51.1 Å². The quantitative estimate of drug-likeness (QED) is 0.845. The summed E-state index contributed by atoms with van der Waals surface area (Å²) in [7, 11) is 4.16. The first-order chi connectivity index (χ1) is 8.08. The van der Waals surface area contributed by atoms with Crippen molar-refractivity contribution < 1.29 is 5.11 Å². The van der Waals surface area contributed by atoms with E-state index in [1.807, 2.05) is 12.1 Å². The second-order valence-corrected chi connectivity index (χ2v) is 4.69. The molecule has 0 aliphatic heterocycles. The summed E-state index contributed by atoms with van der Waals surface area (Å²) in [6.07, 6.45) is 3.17. The lowest BCUT2D eigenvalue weighted by molar-refractivity contribution is 0.281. The van der Waals surface area contributed by atoms with Gasteiger partial charge in [0.1, 0.15) is 0 Å². The smallest absolute Gasteiger partial charge is 0.0681 e. The van der Waals surface area contributed by atoms with Crippen LogP contribution in [-0.4, -0.2) is 24.1 Å². The highest BCUT2D eigenvalue weighted by molar-refractivity contribution is 5.24. The number of hydrogen-bond acceptors (Lipinski definition) is 2. The van der Waals surface area contributed by atoms with Gasteiger partial charge in [-0.3, -0.25) is 0 Å². The summed E-state index contributed by atoms with van der Waals surface area (Å²) < 4.78 is 0. The normalized spacial score (nSPS) is 13.6. The van der Waals surface area contributed by atoms with Crippen LogP contribution in [0.5, 0.6) is 0 Å². The van der Waals surface area contributed by atoms with Crippen LogP contribution in [0.2, 0.25) is 0 Å². The molecule has 0 unspecified atom stereocenters. The molecule has 1 aromatic carbocycles. The first-order valence-corrected chi connectivity index (χ1v) is 6.10. The molecule has 1 atom stereocenters. The lowest BCUT2D eigenvalue weighted by Gasteiger charge is -2.23. The molecule has 2 heteroatoms. The molecule has 2 nitrogen and oxygen atoms in total. The Kier molecular flexibility index (Phi) is 5.23. The summed E-state index contributed by atoms with van der Waals surface area (Å²) >= 11 is 0. The minimum Gasteiger partial charge on any atom is -0.392 e. The van der Waals surface area contributed by atoms with Crippen LogP contribution in [0.3, 0.4) is 0 Å². The summed E-state index contributed by atoms with van der Waals surface area (Å²) in [4.78, 5) is 2.17. The molecule has 94 valence electrons. The van der Waals surface area contributed by atoms with Crippen LogP contribution >= 0.6 is 0 Å². The number of aliphatic hydroxyl groups excluding tert-OH is 1. The van der Waals surface area contributed by atoms with Crippen molar-refractivity contribution >= 4 is 0 Å². The summed E-state index contributed by atoms with van der Waals surface area (Å²) in [6.45, 7) is 4.43. The first-order valence-electron chi connectivity index (χ1n) is 6.10. The Morgan fingerprint density at radius 3 is 2.53 bits per heavy atom. The third-order valence-electron chi connectivity index (χ3n) is 3.03. The molecule has 0 spiro atoms. The molecule has 0 radical (unpaired) electrons. The van der Waals surface area contributed by atoms with E-state index in [1.165, 1.54) is 11.3 Å². The van der Waals surface area contributed by atoms with Crippen LogP contribution in [0.1, 0.15) is 25.0 Å². The second kappa shape index (κ2) is 6.45. The molecule has 0 aliphatic carbocycles. The maximum atomic E-state index is 9.12. The van der Waals surface area contributed by atoms with E-state index in [0.717, 1.165) is 12.0 Å². The number of nitrogens with zero attached hydrogens (tertiary/aromatic N) is 1.